The van der Waals surface area contributed by atoms with E-state index in [4.69, 9.17) is 0 Å². The highest BCUT2D eigenvalue weighted by Gasteiger charge is 2.31. The van der Waals surface area contributed by atoms with Crippen molar-refractivity contribution >= 4 is 43.5 Å². The van der Waals surface area contributed by atoms with Crippen LogP contribution in [0.25, 0.3) is 0 Å². The van der Waals surface area contributed by atoms with E-state index < -0.39 is 28.5 Å². The molecule has 0 saturated carbocycles. The number of halogens is 1. The highest BCUT2D eigenvalue weighted by molar-refractivity contribution is 9.10. The van der Waals surface area contributed by atoms with E-state index in [1.54, 1.807) is 24.3 Å². The molecule has 0 aromatic heterocycles. The zero-order valence-corrected chi connectivity index (χ0v) is 21.2. The Morgan fingerprint density at radius 1 is 1.03 bits per heavy atom. The van der Waals surface area contributed by atoms with Gasteiger partial charge in [-0.3, -0.25) is 13.9 Å². The van der Waals surface area contributed by atoms with Crippen LogP contribution in [0.5, 0.6) is 0 Å². The van der Waals surface area contributed by atoms with Crippen molar-refractivity contribution in [3.05, 3.63) is 64.1 Å². The average molecular weight is 524 g/mol. The fourth-order valence-corrected chi connectivity index (χ4v) is 4.44. The van der Waals surface area contributed by atoms with E-state index in [1.165, 1.54) is 4.90 Å². The second-order valence-electron chi connectivity index (χ2n) is 7.57. The summed E-state index contributed by atoms with van der Waals surface area (Å²) in [7, 11) is -3.73. The summed E-state index contributed by atoms with van der Waals surface area (Å²) in [4.78, 5) is 27.6. The normalized spacial score (nSPS) is 12.2. The van der Waals surface area contributed by atoms with Crippen LogP contribution >= 0.6 is 15.9 Å². The van der Waals surface area contributed by atoms with Gasteiger partial charge in [0.1, 0.15) is 12.6 Å². The molecule has 2 rings (SSSR count). The molecule has 0 spiro atoms. The minimum Gasteiger partial charge on any atom is -0.355 e. The maximum Gasteiger partial charge on any atom is 0.244 e. The summed E-state index contributed by atoms with van der Waals surface area (Å²) in [6, 6.07) is 13.7. The quantitative estimate of drug-likeness (QED) is 0.516. The molecule has 1 N–H and O–H groups in total. The van der Waals surface area contributed by atoms with E-state index in [0.29, 0.717) is 18.7 Å². The number of sulfonamides is 1. The van der Waals surface area contributed by atoms with Gasteiger partial charge in [-0.1, -0.05) is 52.7 Å². The van der Waals surface area contributed by atoms with Gasteiger partial charge in [0.05, 0.1) is 11.9 Å². The Balaban J connectivity index is 2.40. The Kier molecular flexibility index (Phi) is 9.27. The first-order chi connectivity index (χ1) is 15.1. The van der Waals surface area contributed by atoms with Crippen LogP contribution in [0.4, 0.5) is 5.69 Å². The van der Waals surface area contributed by atoms with E-state index >= 15 is 0 Å². The SMILES string of the molecule is CCNC(=O)[C@@H](CC)N(Cc1ccc(C)cc1)C(=O)CN(c1ccc(Br)cc1)S(C)(=O)=O. The molecule has 9 heteroatoms. The summed E-state index contributed by atoms with van der Waals surface area (Å²) in [5.41, 5.74) is 2.33. The zero-order chi connectivity index (χ0) is 23.9. The lowest BCUT2D eigenvalue weighted by Crippen LogP contribution is -2.52. The molecule has 0 saturated heterocycles. The highest BCUT2D eigenvalue weighted by Crippen LogP contribution is 2.22. The van der Waals surface area contributed by atoms with Gasteiger partial charge in [0.25, 0.3) is 0 Å². The van der Waals surface area contributed by atoms with Gasteiger partial charge in [0, 0.05) is 17.6 Å². The Labute approximate surface area is 199 Å². The Hall–Kier alpha value is -2.39. The first kappa shape index (κ1) is 25.9. The zero-order valence-electron chi connectivity index (χ0n) is 18.8. The van der Waals surface area contributed by atoms with Crippen molar-refractivity contribution in [3.8, 4) is 0 Å². The lowest BCUT2D eigenvalue weighted by atomic mass is 10.1. The Morgan fingerprint density at radius 3 is 2.12 bits per heavy atom. The number of anilines is 1. The fraction of sp³-hybridized carbons (Fsp3) is 0.391. The van der Waals surface area contributed by atoms with Crippen molar-refractivity contribution in [1.82, 2.24) is 10.2 Å². The summed E-state index contributed by atoms with van der Waals surface area (Å²) in [6.07, 6.45) is 1.47. The number of hydrogen-bond donors (Lipinski definition) is 1. The smallest absolute Gasteiger partial charge is 0.244 e. The van der Waals surface area contributed by atoms with Crippen LogP contribution in [-0.2, 0) is 26.2 Å². The average Bonchev–Trinajstić information content (AvgIpc) is 2.73. The van der Waals surface area contributed by atoms with E-state index in [9.17, 15) is 18.0 Å². The number of nitrogens with one attached hydrogen (secondary N) is 1. The summed E-state index contributed by atoms with van der Waals surface area (Å²) in [6.45, 7) is 5.86. The van der Waals surface area contributed by atoms with Crippen LogP contribution < -0.4 is 9.62 Å². The topological polar surface area (TPSA) is 86.8 Å². The molecule has 0 fully saturated rings. The minimum absolute atomic E-state index is 0.201. The molecule has 2 aromatic carbocycles. The molecule has 174 valence electrons. The fourth-order valence-electron chi connectivity index (χ4n) is 3.32. The first-order valence-electron chi connectivity index (χ1n) is 10.4. The minimum atomic E-state index is -3.73. The molecule has 0 aliphatic heterocycles. The van der Waals surface area contributed by atoms with Crippen LogP contribution in [0.2, 0.25) is 0 Å². The van der Waals surface area contributed by atoms with Gasteiger partial charge in [-0.25, -0.2) is 8.42 Å². The van der Waals surface area contributed by atoms with Crippen molar-refractivity contribution in [2.24, 2.45) is 0 Å². The molecule has 1 atom stereocenters. The molecule has 0 aliphatic rings. The maximum atomic E-state index is 13.5. The number of hydrogen-bond acceptors (Lipinski definition) is 4. The van der Waals surface area contributed by atoms with Crippen molar-refractivity contribution in [2.75, 3.05) is 23.7 Å². The molecule has 2 aromatic rings. The maximum absolute atomic E-state index is 13.5. The van der Waals surface area contributed by atoms with Gasteiger partial charge in [-0.15, -0.1) is 0 Å². The van der Waals surface area contributed by atoms with Crippen LogP contribution in [0, 0.1) is 6.92 Å². The van der Waals surface area contributed by atoms with Crippen LogP contribution in [0.1, 0.15) is 31.4 Å². The lowest BCUT2D eigenvalue weighted by molar-refractivity contribution is -0.140. The number of benzene rings is 2. The van der Waals surface area contributed by atoms with E-state index in [2.05, 4.69) is 21.2 Å². The summed E-state index contributed by atoms with van der Waals surface area (Å²) < 4.78 is 26.9. The van der Waals surface area contributed by atoms with Gasteiger partial charge in [-0.2, -0.15) is 0 Å². The van der Waals surface area contributed by atoms with Gasteiger partial charge in [0.2, 0.25) is 21.8 Å². The van der Waals surface area contributed by atoms with Crippen molar-refractivity contribution in [1.29, 1.82) is 0 Å². The predicted molar refractivity (Wildman–Crippen MR) is 131 cm³/mol. The molecule has 32 heavy (non-hydrogen) atoms. The molecular weight excluding hydrogens is 494 g/mol. The van der Waals surface area contributed by atoms with Crippen molar-refractivity contribution in [3.63, 3.8) is 0 Å². The number of nitrogens with zero attached hydrogens (tertiary/aromatic N) is 2. The summed E-state index contributed by atoms with van der Waals surface area (Å²) >= 11 is 3.33. The third-order valence-corrected chi connectivity index (χ3v) is 6.67. The van der Waals surface area contributed by atoms with E-state index in [1.807, 2.05) is 45.0 Å². The number of aryl methyl sites for hydroxylation is 1. The van der Waals surface area contributed by atoms with Crippen molar-refractivity contribution < 1.29 is 18.0 Å². The summed E-state index contributed by atoms with van der Waals surface area (Å²) in [5.74, 6) is -0.706. The van der Waals surface area contributed by atoms with Crippen LogP contribution in [0.3, 0.4) is 0 Å². The van der Waals surface area contributed by atoms with Crippen molar-refractivity contribution in [2.45, 2.75) is 39.8 Å². The first-order valence-corrected chi connectivity index (χ1v) is 13.1. The number of rotatable bonds is 10. The standard InChI is InChI=1S/C23H30BrN3O4S/c1-5-21(23(29)25-6-2)26(15-18-9-7-17(3)8-10-18)22(28)16-27(32(4,30)31)20-13-11-19(24)12-14-20/h7-14,21H,5-6,15-16H2,1-4H3,(H,25,29)/t21-/m1/s1. The largest absolute Gasteiger partial charge is 0.355 e. The molecule has 2 amide bonds. The molecule has 0 heterocycles. The van der Waals surface area contributed by atoms with Crippen LogP contribution in [0.15, 0.2) is 53.0 Å². The molecule has 0 aliphatic carbocycles. The van der Waals surface area contributed by atoms with E-state index in [0.717, 1.165) is 26.2 Å². The summed E-state index contributed by atoms with van der Waals surface area (Å²) in [5, 5.41) is 2.78. The number of amides is 2. The van der Waals surface area contributed by atoms with E-state index in [-0.39, 0.29) is 12.5 Å². The lowest BCUT2D eigenvalue weighted by Gasteiger charge is -2.32. The Bertz CT molecular complexity index is 1020. The Morgan fingerprint density at radius 2 is 1.62 bits per heavy atom. The number of likely N-dealkylation sites (N-methyl/N-ethyl adjacent to an activating group) is 1. The third-order valence-electron chi connectivity index (χ3n) is 5.00. The molecule has 0 unspecified atom stereocenters. The number of carbonyl (C=O) groups excluding carboxylic acids is 2. The number of carbonyl (C=O) groups is 2. The predicted octanol–water partition coefficient (Wildman–Crippen LogP) is 3.47. The molecule has 0 radical (unpaired) electrons. The van der Waals surface area contributed by atoms with Gasteiger partial charge >= 0.3 is 0 Å². The molecule has 0 bridgehead atoms. The third kappa shape index (κ3) is 7.06. The van der Waals surface area contributed by atoms with Crippen LogP contribution in [-0.4, -0.2) is 50.5 Å². The van der Waals surface area contributed by atoms with Gasteiger partial charge in [0.15, 0.2) is 0 Å². The highest BCUT2D eigenvalue weighted by atomic mass is 79.9. The molecule has 7 nitrogen and oxygen atoms in total. The second kappa shape index (κ2) is 11.5. The second-order valence-corrected chi connectivity index (χ2v) is 10.4. The monoisotopic (exact) mass is 523 g/mol. The van der Waals surface area contributed by atoms with Gasteiger partial charge in [-0.05, 0) is 50.1 Å². The molecular formula is C23H30BrN3O4S. The van der Waals surface area contributed by atoms with Gasteiger partial charge < -0.3 is 10.2 Å².